The average molecular weight is 327 g/mol. The minimum Gasteiger partial charge on any atom is -0.378 e. The predicted octanol–water partition coefficient (Wildman–Crippen LogP) is 0.765. The normalized spacial score (nSPS) is 18.7. The summed E-state index contributed by atoms with van der Waals surface area (Å²) < 4.78 is 30.7. The van der Waals surface area contributed by atoms with Gasteiger partial charge in [-0.05, 0) is 31.2 Å². The van der Waals surface area contributed by atoms with Crippen LogP contribution in [0, 0.1) is 0 Å². The van der Waals surface area contributed by atoms with E-state index in [1.165, 1.54) is 0 Å². The number of anilines is 2. The molecule has 1 atom stereocenters. The van der Waals surface area contributed by atoms with Crippen molar-refractivity contribution in [2.45, 2.75) is 19.4 Å². The molecular formula is C14H21N3O4S. The van der Waals surface area contributed by atoms with E-state index in [9.17, 15) is 13.2 Å². The van der Waals surface area contributed by atoms with Crippen LogP contribution in [-0.4, -0.2) is 45.9 Å². The van der Waals surface area contributed by atoms with Gasteiger partial charge in [0.25, 0.3) is 0 Å². The highest BCUT2D eigenvalue weighted by Crippen LogP contribution is 2.15. The van der Waals surface area contributed by atoms with Gasteiger partial charge in [0.05, 0.1) is 19.0 Å². The van der Waals surface area contributed by atoms with Crippen molar-refractivity contribution in [1.29, 1.82) is 0 Å². The minimum atomic E-state index is -3.29. The van der Waals surface area contributed by atoms with Crippen LogP contribution in [-0.2, 0) is 19.6 Å². The molecule has 0 spiro atoms. The van der Waals surface area contributed by atoms with Crippen molar-refractivity contribution < 1.29 is 17.9 Å². The maximum absolute atomic E-state index is 11.9. The van der Waals surface area contributed by atoms with E-state index in [2.05, 4.69) is 15.4 Å². The number of hydrogen-bond donors (Lipinski definition) is 3. The topological polar surface area (TPSA) is 96.5 Å². The van der Waals surface area contributed by atoms with E-state index in [0.29, 0.717) is 31.0 Å². The lowest BCUT2D eigenvalue weighted by Crippen LogP contribution is -2.43. The summed E-state index contributed by atoms with van der Waals surface area (Å²) in [6, 6.07) is 6.59. The Bertz CT molecular complexity index is 595. The number of nitrogens with one attached hydrogen (secondary N) is 3. The van der Waals surface area contributed by atoms with Gasteiger partial charge in [-0.15, -0.1) is 0 Å². The highest BCUT2D eigenvalue weighted by molar-refractivity contribution is 7.92. The van der Waals surface area contributed by atoms with E-state index in [1.807, 2.05) is 0 Å². The number of carbonyl (C=O) groups is 1. The second-order valence-corrected chi connectivity index (χ2v) is 7.07. The summed E-state index contributed by atoms with van der Waals surface area (Å²) in [5.74, 6) is -0.0908. The summed E-state index contributed by atoms with van der Waals surface area (Å²) in [4.78, 5) is 11.9. The molecule has 0 aromatic heterocycles. The second-order valence-electron chi connectivity index (χ2n) is 5.06. The van der Waals surface area contributed by atoms with E-state index in [1.54, 1.807) is 31.2 Å². The monoisotopic (exact) mass is 327 g/mol. The molecule has 1 aromatic carbocycles. The first-order valence-corrected chi connectivity index (χ1v) is 8.85. The van der Waals surface area contributed by atoms with Crippen molar-refractivity contribution in [3.05, 3.63) is 24.3 Å². The standard InChI is InChI=1S/C14H21N3O4S/c1-2-22(19,20)17-12-5-3-11(4-6-12)16-14(18)9-13-10-21-8-7-15-13/h3-6,13,15,17H,2,7-10H2,1H3,(H,16,18). The van der Waals surface area contributed by atoms with Gasteiger partial charge in [-0.2, -0.15) is 0 Å². The zero-order valence-electron chi connectivity index (χ0n) is 12.5. The van der Waals surface area contributed by atoms with Crippen molar-refractivity contribution in [1.82, 2.24) is 5.32 Å². The minimum absolute atomic E-state index is 0.0158. The Morgan fingerprint density at radius 2 is 2.00 bits per heavy atom. The molecule has 1 aliphatic heterocycles. The van der Waals surface area contributed by atoms with E-state index >= 15 is 0 Å². The molecule has 0 bridgehead atoms. The Labute approximate surface area is 130 Å². The van der Waals surface area contributed by atoms with Crippen molar-refractivity contribution in [2.75, 3.05) is 35.6 Å². The third kappa shape index (κ3) is 5.28. The Morgan fingerprint density at radius 1 is 1.32 bits per heavy atom. The van der Waals surface area contributed by atoms with Crippen LogP contribution in [0.1, 0.15) is 13.3 Å². The maximum atomic E-state index is 11.9. The molecule has 0 radical (unpaired) electrons. The van der Waals surface area contributed by atoms with Crippen LogP contribution >= 0.6 is 0 Å². The number of hydrogen-bond acceptors (Lipinski definition) is 5. The average Bonchev–Trinajstić information content (AvgIpc) is 2.50. The highest BCUT2D eigenvalue weighted by Gasteiger charge is 2.16. The fourth-order valence-corrected chi connectivity index (χ4v) is 2.70. The molecule has 122 valence electrons. The molecule has 2 rings (SSSR count). The molecular weight excluding hydrogens is 306 g/mol. The fraction of sp³-hybridized carbons (Fsp3) is 0.500. The first-order valence-electron chi connectivity index (χ1n) is 7.20. The third-order valence-corrected chi connectivity index (χ3v) is 4.56. The van der Waals surface area contributed by atoms with Crippen molar-refractivity contribution in [3.8, 4) is 0 Å². The molecule has 3 N–H and O–H groups in total. The van der Waals surface area contributed by atoms with Crippen molar-refractivity contribution in [3.63, 3.8) is 0 Å². The number of carbonyl (C=O) groups excluding carboxylic acids is 1. The molecule has 1 aliphatic rings. The SMILES string of the molecule is CCS(=O)(=O)Nc1ccc(NC(=O)CC2COCCN2)cc1. The summed E-state index contributed by atoms with van der Waals surface area (Å²) >= 11 is 0. The van der Waals surface area contributed by atoms with Gasteiger partial charge < -0.3 is 15.4 Å². The Morgan fingerprint density at radius 3 is 2.59 bits per heavy atom. The van der Waals surface area contributed by atoms with Crippen LogP contribution in [0.2, 0.25) is 0 Å². The molecule has 1 unspecified atom stereocenters. The van der Waals surface area contributed by atoms with Crippen LogP contribution in [0.5, 0.6) is 0 Å². The van der Waals surface area contributed by atoms with Crippen LogP contribution < -0.4 is 15.4 Å². The zero-order chi connectivity index (χ0) is 16.0. The molecule has 8 heteroatoms. The Kier molecular flexibility index (Phi) is 5.76. The molecule has 1 aromatic rings. The first kappa shape index (κ1) is 16.7. The van der Waals surface area contributed by atoms with Gasteiger partial charge in [0.1, 0.15) is 0 Å². The van der Waals surface area contributed by atoms with Gasteiger partial charge in [-0.3, -0.25) is 9.52 Å². The van der Waals surface area contributed by atoms with Crippen LogP contribution in [0.4, 0.5) is 11.4 Å². The predicted molar refractivity (Wildman–Crippen MR) is 85.4 cm³/mol. The summed E-state index contributed by atoms with van der Waals surface area (Å²) in [7, 11) is -3.29. The van der Waals surface area contributed by atoms with Crippen molar-refractivity contribution >= 4 is 27.3 Å². The zero-order valence-corrected chi connectivity index (χ0v) is 13.3. The highest BCUT2D eigenvalue weighted by atomic mass is 32.2. The van der Waals surface area contributed by atoms with Gasteiger partial charge in [0, 0.05) is 30.4 Å². The molecule has 1 heterocycles. The Balaban J connectivity index is 1.86. The summed E-state index contributed by atoms with van der Waals surface area (Å²) in [5, 5.41) is 6.00. The lowest BCUT2D eigenvalue weighted by Gasteiger charge is -2.23. The smallest absolute Gasteiger partial charge is 0.232 e. The molecule has 7 nitrogen and oxygen atoms in total. The van der Waals surface area contributed by atoms with Gasteiger partial charge in [0.2, 0.25) is 15.9 Å². The fourth-order valence-electron chi connectivity index (χ4n) is 2.06. The molecule has 0 aliphatic carbocycles. The lowest BCUT2D eigenvalue weighted by atomic mass is 10.2. The van der Waals surface area contributed by atoms with Crippen molar-refractivity contribution in [2.24, 2.45) is 0 Å². The van der Waals surface area contributed by atoms with Crippen LogP contribution in [0.15, 0.2) is 24.3 Å². The second kappa shape index (κ2) is 7.57. The Hall–Kier alpha value is -1.64. The lowest BCUT2D eigenvalue weighted by molar-refractivity contribution is -0.117. The number of ether oxygens (including phenoxy) is 1. The maximum Gasteiger partial charge on any atom is 0.232 e. The van der Waals surface area contributed by atoms with Crippen LogP contribution in [0.25, 0.3) is 0 Å². The molecule has 1 saturated heterocycles. The summed E-state index contributed by atoms with van der Waals surface area (Å²) in [6.45, 7) is 3.53. The molecule has 1 amide bonds. The van der Waals surface area contributed by atoms with Crippen LogP contribution in [0.3, 0.4) is 0 Å². The van der Waals surface area contributed by atoms with E-state index in [4.69, 9.17) is 4.74 Å². The number of rotatable bonds is 6. The number of morpholine rings is 1. The molecule has 1 fully saturated rings. The number of amides is 1. The summed E-state index contributed by atoms with van der Waals surface area (Å²) in [6.07, 6.45) is 0.338. The number of sulfonamides is 1. The van der Waals surface area contributed by atoms with Gasteiger partial charge in [-0.1, -0.05) is 0 Å². The van der Waals surface area contributed by atoms with Gasteiger partial charge in [-0.25, -0.2) is 8.42 Å². The van der Waals surface area contributed by atoms with E-state index in [0.717, 1.165) is 6.54 Å². The summed E-state index contributed by atoms with van der Waals surface area (Å²) in [5.41, 5.74) is 1.10. The molecule has 0 saturated carbocycles. The number of benzene rings is 1. The molecule has 22 heavy (non-hydrogen) atoms. The van der Waals surface area contributed by atoms with E-state index < -0.39 is 10.0 Å². The van der Waals surface area contributed by atoms with Gasteiger partial charge >= 0.3 is 0 Å². The van der Waals surface area contributed by atoms with E-state index in [-0.39, 0.29) is 17.7 Å². The largest absolute Gasteiger partial charge is 0.378 e. The first-order chi connectivity index (χ1) is 10.5. The third-order valence-electron chi connectivity index (χ3n) is 3.25. The quantitative estimate of drug-likeness (QED) is 0.717. The van der Waals surface area contributed by atoms with Gasteiger partial charge in [0.15, 0.2) is 0 Å².